The number of aryl methyl sites for hydroxylation is 1. The van der Waals surface area contributed by atoms with Crippen LogP contribution in [0, 0.1) is 0 Å². The maximum atomic E-state index is 12.8. The molecule has 2 aromatic carbocycles. The van der Waals surface area contributed by atoms with Crippen LogP contribution in [0.3, 0.4) is 0 Å². The Morgan fingerprint density at radius 3 is 2.41 bits per heavy atom. The molecular weight excluding hydrogens is 452 g/mol. The highest BCUT2D eigenvalue weighted by molar-refractivity contribution is 6.33. The molecule has 1 amide bonds. The molecule has 180 valence electrons. The predicted molar refractivity (Wildman–Crippen MR) is 136 cm³/mol. The number of nitrogens with one attached hydrogen (secondary N) is 2. The van der Waals surface area contributed by atoms with Crippen molar-refractivity contribution < 1.29 is 14.7 Å². The van der Waals surface area contributed by atoms with Gasteiger partial charge in [-0.3, -0.25) is 9.59 Å². The Morgan fingerprint density at radius 1 is 1.15 bits per heavy atom. The van der Waals surface area contributed by atoms with Gasteiger partial charge in [-0.05, 0) is 50.5 Å². The number of amides is 1. The summed E-state index contributed by atoms with van der Waals surface area (Å²) in [5, 5.41) is 16.2. The molecule has 0 spiro atoms. The van der Waals surface area contributed by atoms with Crippen molar-refractivity contribution in [1.29, 1.82) is 0 Å². The van der Waals surface area contributed by atoms with Crippen LogP contribution in [0.2, 0.25) is 5.02 Å². The molecule has 3 aromatic rings. The van der Waals surface area contributed by atoms with E-state index in [-0.39, 0.29) is 30.4 Å². The summed E-state index contributed by atoms with van der Waals surface area (Å²) in [6.07, 6.45) is 2.82. The summed E-state index contributed by atoms with van der Waals surface area (Å²) < 4.78 is 1.72. The minimum Gasteiger partial charge on any atom is -0.396 e. The second-order valence-corrected chi connectivity index (χ2v) is 9.10. The lowest BCUT2D eigenvalue weighted by atomic mass is 10.0. The van der Waals surface area contributed by atoms with E-state index < -0.39 is 0 Å². The molecule has 0 aliphatic rings. The first-order valence-corrected chi connectivity index (χ1v) is 11.7. The number of carbonyl (C=O) groups is 2. The minimum atomic E-state index is -0.241. The molecule has 0 fully saturated rings. The summed E-state index contributed by atoms with van der Waals surface area (Å²) in [5.41, 5.74) is 3.89. The second kappa shape index (κ2) is 11.3. The molecule has 3 N–H and O–H groups in total. The van der Waals surface area contributed by atoms with Crippen molar-refractivity contribution in [3.63, 3.8) is 0 Å². The second-order valence-electron chi connectivity index (χ2n) is 8.69. The molecule has 0 radical (unpaired) electrons. The largest absolute Gasteiger partial charge is 0.396 e. The number of imidazole rings is 1. The average molecular weight is 483 g/mol. The number of ketones is 1. The van der Waals surface area contributed by atoms with Crippen LogP contribution in [0.4, 0.5) is 5.69 Å². The number of rotatable bonds is 10. The number of aliphatic hydroxyl groups excluding tert-OH is 1. The third-order valence-electron chi connectivity index (χ3n) is 5.41. The molecule has 34 heavy (non-hydrogen) atoms. The van der Waals surface area contributed by atoms with Gasteiger partial charge in [-0.25, -0.2) is 4.98 Å². The number of hydrogen-bond acceptors (Lipinski definition) is 5. The Hall–Kier alpha value is -3.16. The number of halogens is 1. The van der Waals surface area contributed by atoms with E-state index in [2.05, 4.69) is 15.6 Å². The van der Waals surface area contributed by atoms with Crippen molar-refractivity contribution in [1.82, 2.24) is 14.9 Å². The van der Waals surface area contributed by atoms with Crippen LogP contribution in [-0.4, -0.2) is 45.0 Å². The molecule has 0 bridgehead atoms. The summed E-state index contributed by atoms with van der Waals surface area (Å²) in [4.78, 5) is 28.9. The van der Waals surface area contributed by atoms with Crippen LogP contribution >= 0.6 is 11.6 Å². The van der Waals surface area contributed by atoms with Crippen molar-refractivity contribution in [2.75, 3.05) is 11.9 Å². The van der Waals surface area contributed by atoms with Gasteiger partial charge in [0.1, 0.15) is 0 Å². The zero-order chi connectivity index (χ0) is 24.8. The lowest BCUT2D eigenvalue weighted by molar-refractivity contribution is 0.0929. The fraction of sp³-hybridized carbons (Fsp3) is 0.346. The molecule has 8 heteroatoms. The third kappa shape index (κ3) is 6.46. The molecule has 1 atom stereocenters. The number of aromatic nitrogens is 2. The van der Waals surface area contributed by atoms with Crippen molar-refractivity contribution in [3.8, 4) is 11.3 Å². The fourth-order valence-corrected chi connectivity index (χ4v) is 4.00. The summed E-state index contributed by atoms with van der Waals surface area (Å²) in [5.74, 6) is 0.0938. The van der Waals surface area contributed by atoms with E-state index in [0.717, 1.165) is 22.5 Å². The van der Waals surface area contributed by atoms with E-state index in [1.165, 1.54) is 6.92 Å². The standard InChI is InChI=1S/C26H31ClN4O3/c1-16(2)28-23-10-9-20(14-22(23)27)26(34)29-21(11-12-32)13-18-5-7-19(8-6-18)24-15-31(4)25(30-24)17(3)33/h5-10,14-16,21,28,32H,11-13H2,1-4H3,(H,29,34)/t21-/m1/s1. The zero-order valence-electron chi connectivity index (χ0n) is 19.9. The van der Waals surface area contributed by atoms with Crippen molar-refractivity contribution >= 4 is 29.0 Å². The van der Waals surface area contributed by atoms with Crippen molar-refractivity contribution in [3.05, 3.63) is 70.6 Å². The fourth-order valence-electron chi connectivity index (χ4n) is 3.76. The molecule has 3 rings (SSSR count). The van der Waals surface area contributed by atoms with Crippen LogP contribution in [0.25, 0.3) is 11.3 Å². The average Bonchev–Trinajstić information content (AvgIpc) is 3.17. The SMILES string of the molecule is CC(=O)c1nc(-c2ccc(C[C@@H](CCO)NC(=O)c3ccc(NC(C)C)c(Cl)c3)cc2)cn1C. The Bertz CT molecular complexity index is 1160. The van der Waals surface area contributed by atoms with Gasteiger partial charge in [0.05, 0.1) is 16.4 Å². The number of aliphatic hydroxyl groups is 1. The first-order valence-electron chi connectivity index (χ1n) is 11.3. The highest BCUT2D eigenvalue weighted by Gasteiger charge is 2.16. The van der Waals surface area contributed by atoms with E-state index in [1.54, 1.807) is 29.8 Å². The zero-order valence-corrected chi connectivity index (χ0v) is 20.7. The summed E-state index contributed by atoms with van der Waals surface area (Å²) in [7, 11) is 1.80. The van der Waals surface area contributed by atoms with Crippen molar-refractivity contribution in [2.45, 2.75) is 45.7 Å². The molecule has 0 saturated heterocycles. The quantitative estimate of drug-likeness (QED) is 0.370. The van der Waals surface area contributed by atoms with E-state index >= 15 is 0 Å². The van der Waals surface area contributed by atoms with E-state index in [1.807, 2.05) is 44.3 Å². The van der Waals surface area contributed by atoms with Gasteiger partial charge in [0.15, 0.2) is 11.6 Å². The van der Waals surface area contributed by atoms with Crippen LogP contribution in [0.15, 0.2) is 48.7 Å². The summed E-state index contributed by atoms with van der Waals surface area (Å²) in [6, 6.07) is 13.0. The number of anilines is 1. The monoisotopic (exact) mass is 482 g/mol. The van der Waals surface area contributed by atoms with Gasteiger partial charge in [-0.15, -0.1) is 0 Å². The molecule has 7 nitrogen and oxygen atoms in total. The van der Waals surface area contributed by atoms with Crippen LogP contribution < -0.4 is 10.6 Å². The minimum absolute atomic E-state index is 0.0389. The molecule has 0 saturated carbocycles. The first-order chi connectivity index (χ1) is 16.2. The number of carbonyl (C=O) groups excluding carboxylic acids is 2. The van der Waals surface area contributed by atoms with Gasteiger partial charge < -0.3 is 20.3 Å². The molecule has 0 unspecified atom stereocenters. The van der Waals surface area contributed by atoms with Gasteiger partial charge in [0, 0.05) is 50.0 Å². The van der Waals surface area contributed by atoms with E-state index in [9.17, 15) is 14.7 Å². The van der Waals surface area contributed by atoms with Gasteiger partial charge in [0.2, 0.25) is 0 Å². The molecular formula is C26H31ClN4O3. The normalized spacial score (nSPS) is 12.0. The van der Waals surface area contributed by atoms with Crippen LogP contribution in [0.1, 0.15) is 53.7 Å². The molecule has 0 aliphatic carbocycles. The predicted octanol–water partition coefficient (Wildman–Crippen LogP) is 4.49. The van der Waals surface area contributed by atoms with Crippen LogP contribution in [0.5, 0.6) is 0 Å². The molecule has 0 aliphatic heterocycles. The maximum Gasteiger partial charge on any atom is 0.251 e. The smallest absolute Gasteiger partial charge is 0.251 e. The Labute approximate surface area is 205 Å². The van der Waals surface area contributed by atoms with Gasteiger partial charge in [-0.1, -0.05) is 35.9 Å². The van der Waals surface area contributed by atoms with Gasteiger partial charge >= 0.3 is 0 Å². The number of Topliss-reactive ketones (excluding diaryl/α,β-unsaturated/α-hetero) is 1. The van der Waals surface area contributed by atoms with Gasteiger partial charge in [-0.2, -0.15) is 0 Å². The Kier molecular flexibility index (Phi) is 8.47. The number of benzene rings is 2. The lowest BCUT2D eigenvalue weighted by Crippen LogP contribution is -2.37. The van der Waals surface area contributed by atoms with Crippen molar-refractivity contribution in [2.24, 2.45) is 7.05 Å². The Morgan fingerprint density at radius 2 is 1.85 bits per heavy atom. The number of hydrogen-bond donors (Lipinski definition) is 3. The summed E-state index contributed by atoms with van der Waals surface area (Å²) >= 11 is 6.33. The highest BCUT2D eigenvalue weighted by Crippen LogP contribution is 2.24. The third-order valence-corrected chi connectivity index (χ3v) is 5.72. The first kappa shape index (κ1) is 25.5. The maximum absolute atomic E-state index is 12.8. The van der Waals surface area contributed by atoms with E-state index in [0.29, 0.717) is 29.3 Å². The van der Waals surface area contributed by atoms with Crippen LogP contribution in [-0.2, 0) is 13.5 Å². The van der Waals surface area contributed by atoms with E-state index in [4.69, 9.17) is 11.6 Å². The number of nitrogens with zero attached hydrogens (tertiary/aromatic N) is 2. The highest BCUT2D eigenvalue weighted by atomic mass is 35.5. The Balaban J connectivity index is 1.69. The topological polar surface area (TPSA) is 96.2 Å². The molecule has 1 heterocycles. The van der Waals surface area contributed by atoms with Gasteiger partial charge in [0.25, 0.3) is 5.91 Å². The molecule has 1 aromatic heterocycles. The lowest BCUT2D eigenvalue weighted by Gasteiger charge is -2.19. The summed E-state index contributed by atoms with van der Waals surface area (Å²) in [6.45, 7) is 5.49.